The molecular weight excluding hydrogens is 338 g/mol. The first-order chi connectivity index (χ1) is 6.73. The van der Waals surface area contributed by atoms with Gasteiger partial charge in [0.25, 0.3) is 0 Å². The van der Waals surface area contributed by atoms with Gasteiger partial charge < -0.3 is 5.11 Å². The van der Waals surface area contributed by atoms with Crippen LogP contribution in [0.25, 0.3) is 0 Å². The van der Waals surface area contributed by atoms with Crippen molar-refractivity contribution in [3.63, 3.8) is 0 Å². The Morgan fingerprint density at radius 2 is 2.00 bits per heavy atom. The van der Waals surface area contributed by atoms with Crippen LogP contribution in [-0.2, 0) is 10.2 Å². The molecule has 0 aromatic heterocycles. The summed E-state index contributed by atoms with van der Waals surface area (Å²) in [5.74, 6) is -1.28. The van der Waals surface area contributed by atoms with Crippen molar-refractivity contribution in [1.82, 2.24) is 0 Å². The van der Waals surface area contributed by atoms with Crippen LogP contribution < -0.4 is 0 Å². The summed E-state index contributed by atoms with van der Waals surface area (Å²) < 4.78 is 34.3. The predicted molar refractivity (Wildman–Crippen MR) is 59.1 cm³/mol. The minimum Gasteiger partial charge on any atom is -0.478 e. The lowest BCUT2D eigenvalue weighted by atomic mass is 10.1. The molecule has 1 aromatic carbocycles. The fourth-order valence-corrected chi connectivity index (χ4v) is 2.15. The minimum atomic E-state index is -4.86. The minimum absolute atomic E-state index is 0.216. The summed E-state index contributed by atoms with van der Waals surface area (Å²) in [6.07, 6.45) is 0. The molecule has 0 saturated heterocycles. The molecule has 0 amide bonds. The molecule has 1 N–H and O–H groups in total. The highest BCUT2D eigenvalue weighted by molar-refractivity contribution is 14.1. The first-order valence-electron chi connectivity index (χ1n) is 3.71. The maximum atomic E-state index is 12.7. The first kappa shape index (κ1) is 12.4. The van der Waals surface area contributed by atoms with E-state index in [4.69, 9.17) is 5.11 Å². The first-order valence-corrected chi connectivity index (χ1v) is 6.18. The predicted octanol–water partition coefficient (Wildman–Crippen LogP) is 1.96. The van der Waals surface area contributed by atoms with Crippen molar-refractivity contribution in [2.75, 3.05) is 0 Å². The maximum Gasteiger partial charge on any atom is 0.336 e. The Labute approximate surface area is 99.5 Å². The molecule has 0 saturated carbocycles. The topological polar surface area (TPSA) is 71.4 Å². The van der Waals surface area contributed by atoms with Crippen LogP contribution in [0.1, 0.15) is 15.9 Å². The van der Waals surface area contributed by atoms with Crippen LogP contribution in [0.3, 0.4) is 0 Å². The summed E-state index contributed by atoms with van der Waals surface area (Å²) in [6, 6.07) is 1.91. The van der Waals surface area contributed by atoms with Crippen molar-refractivity contribution < 1.29 is 22.2 Å². The van der Waals surface area contributed by atoms with Gasteiger partial charge in [0.1, 0.15) is 0 Å². The molecule has 0 atom stereocenters. The quantitative estimate of drug-likeness (QED) is 0.658. The normalized spacial score (nSPS) is 11.4. The van der Waals surface area contributed by atoms with Gasteiger partial charge in [-0.2, -0.15) is 8.42 Å². The number of carboxylic acid groups (broad SMARTS) is 1. The highest BCUT2D eigenvalue weighted by Gasteiger charge is 2.18. The van der Waals surface area contributed by atoms with Gasteiger partial charge in [0.05, 0.1) is 10.5 Å². The molecule has 1 aromatic rings. The van der Waals surface area contributed by atoms with E-state index < -0.39 is 21.1 Å². The summed E-state index contributed by atoms with van der Waals surface area (Å²) >= 11 is 1.77. The Balaban J connectivity index is 3.57. The van der Waals surface area contributed by atoms with E-state index in [0.29, 0.717) is 9.13 Å². The molecule has 0 heterocycles. The van der Waals surface area contributed by atoms with Crippen LogP contribution in [-0.4, -0.2) is 19.5 Å². The number of halogens is 2. The number of carboxylic acids is 1. The van der Waals surface area contributed by atoms with Crippen LogP contribution in [0, 0.1) is 10.5 Å². The third kappa shape index (κ3) is 2.65. The molecule has 0 bridgehead atoms. The van der Waals surface area contributed by atoms with Crippen molar-refractivity contribution in [2.24, 2.45) is 0 Å². The Hall–Kier alpha value is -0.700. The van der Waals surface area contributed by atoms with E-state index in [1.807, 2.05) is 0 Å². The lowest BCUT2D eigenvalue weighted by Gasteiger charge is -2.05. The highest BCUT2D eigenvalue weighted by atomic mass is 127. The van der Waals surface area contributed by atoms with Gasteiger partial charge in [0, 0.05) is 3.57 Å². The summed E-state index contributed by atoms with van der Waals surface area (Å²) in [5.41, 5.74) is 0.193. The second-order valence-electron chi connectivity index (χ2n) is 2.84. The van der Waals surface area contributed by atoms with E-state index >= 15 is 0 Å². The van der Waals surface area contributed by atoms with Crippen molar-refractivity contribution in [3.8, 4) is 0 Å². The smallest absolute Gasteiger partial charge is 0.336 e. The van der Waals surface area contributed by atoms with Crippen LogP contribution in [0.15, 0.2) is 17.0 Å². The number of rotatable bonds is 2. The molecular formula is C8H6FIO4S. The van der Waals surface area contributed by atoms with Crippen molar-refractivity contribution >= 4 is 38.8 Å². The summed E-state index contributed by atoms with van der Waals surface area (Å²) in [5, 5.41) is 8.76. The van der Waals surface area contributed by atoms with E-state index in [1.54, 1.807) is 22.6 Å². The number of hydrogen-bond donors (Lipinski definition) is 1. The summed E-state index contributed by atoms with van der Waals surface area (Å²) in [4.78, 5) is 10.1. The van der Waals surface area contributed by atoms with Gasteiger partial charge in [-0.05, 0) is 47.2 Å². The zero-order valence-electron chi connectivity index (χ0n) is 7.49. The molecule has 0 aliphatic carbocycles. The molecule has 0 spiro atoms. The summed E-state index contributed by atoms with van der Waals surface area (Å²) in [6.45, 7) is 1.52. The fourth-order valence-electron chi connectivity index (χ4n) is 1.03. The van der Waals surface area contributed by atoms with E-state index in [2.05, 4.69) is 0 Å². The lowest BCUT2D eigenvalue weighted by molar-refractivity contribution is 0.0695. The monoisotopic (exact) mass is 344 g/mol. The van der Waals surface area contributed by atoms with Gasteiger partial charge in [0.15, 0.2) is 0 Å². The lowest BCUT2D eigenvalue weighted by Crippen LogP contribution is -2.04. The SMILES string of the molecule is Cc1cc(S(=O)(=O)F)cc(C(=O)O)c1I. The molecule has 15 heavy (non-hydrogen) atoms. The Bertz CT molecular complexity index is 524. The number of benzene rings is 1. The third-order valence-electron chi connectivity index (χ3n) is 1.74. The Morgan fingerprint density at radius 3 is 2.40 bits per heavy atom. The Morgan fingerprint density at radius 1 is 1.47 bits per heavy atom. The van der Waals surface area contributed by atoms with Crippen LogP contribution >= 0.6 is 22.6 Å². The molecule has 0 aliphatic heterocycles. The average Bonchev–Trinajstić information content (AvgIpc) is 2.06. The molecule has 4 nitrogen and oxygen atoms in total. The van der Waals surface area contributed by atoms with Gasteiger partial charge in [-0.1, -0.05) is 0 Å². The zero-order valence-corrected chi connectivity index (χ0v) is 10.5. The van der Waals surface area contributed by atoms with Gasteiger partial charge in [-0.3, -0.25) is 0 Å². The van der Waals surface area contributed by atoms with E-state index in [9.17, 15) is 17.1 Å². The molecule has 0 radical (unpaired) electrons. The number of carbonyl (C=O) groups is 1. The van der Waals surface area contributed by atoms with Gasteiger partial charge in [0.2, 0.25) is 0 Å². The fraction of sp³-hybridized carbons (Fsp3) is 0.125. The van der Waals surface area contributed by atoms with Crippen LogP contribution in [0.5, 0.6) is 0 Å². The highest BCUT2D eigenvalue weighted by Crippen LogP contribution is 2.23. The van der Waals surface area contributed by atoms with Crippen LogP contribution in [0.4, 0.5) is 3.89 Å². The maximum absolute atomic E-state index is 12.7. The Kier molecular flexibility index (Phi) is 3.34. The number of aryl methyl sites for hydroxylation is 1. The second kappa shape index (κ2) is 4.05. The van der Waals surface area contributed by atoms with Gasteiger partial charge >= 0.3 is 16.2 Å². The molecule has 7 heteroatoms. The standard InChI is InChI=1S/C8H6FIO4S/c1-4-2-5(15(9,13)14)3-6(7(4)10)8(11)12/h2-3H,1H3,(H,11,12). The van der Waals surface area contributed by atoms with Crippen molar-refractivity contribution in [1.29, 1.82) is 0 Å². The van der Waals surface area contributed by atoms with Gasteiger partial charge in [-0.25, -0.2) is 4.79 Å². The average molecular weight is 344 g/mol. The molecule has 1 rings (SSSR count). The largest absolute Gasteiger partial charge is 0.478 e. The van der Waals surface area contributed by atoms with Crippen molar-refractivity contribution in [3.05, 3.63) is 26.8 Å². The van der Waals surface area contributed by atoms with E-state index in [-0.39, 0.29) is 5.56 Å². The molecule has 0 unspecified atom stereocenters. The summed E-state index contributed by atoms with van der Waals surface area (Å²) in [7, 11) is -4.86. The zero-order chi connectivity index (χ0) is 11.8. The van der Waals surface area contributed by atoms with E-state index in [1.165, 1.54) is 6.92 Å². The third-order valence-corrected chi connectivity index (χ3v) is 3.97. The van der Waals surface area contributed by atoms with E-state index in [0.717, 1.165) is 12.1 Å². The molecule has 0 fully saturated rings. The van der Waals surface area contributed by atoms with Crippen LogP contribution in [0.2, 0.25) is 0 Å². The second-order valence-corrected chi connectivity index (χ2v) is 5.27. The molecule has 0 aliphatic rings. The molecule has 82 valence electrons. The van der Waals surface area contributed by atoms with Gasteiger partial charge in [-0.15, -0.1) is 3.89 Å². The van der Waals surface area contributed by atoms with Crippen molar-refractivity contribution in [2.45, 2.75) is 11.8 Å². The number of hydrogen-bond acceptors (Lipinski definition) is 3. The number of aromatic carboxylic acids is 1.